The molecule has 0 heterocycles. The van der Waals surface area contributed by atoms with Crippen LogP contribution < -0.4 is 10.6 Å². The van der Waals surface area contributed by atoms with E-state index in [1.807, 2.05) is 0 Å². The lowest BCUT2D eigenvalue weighted by Gasteiger charge is -2.19. The van der Waals surface area contributed by atoms with Crippen LogP contribution in [0.3, 0.4) is 0 Å². The fourth-order valence-electron chi connectivity index (χ4n) is 2.15. The van der Waals surface area contributed by atoms with Crippen molar-refractivity contribution >= 4 is 6.09 Å². The maximum atomic E-state index is 12.6. The highest BCUT2D eigenvalue weighted by molar-refractivity contribution is 5.68. The van der Waals surface area contributed by atoms with Gasteiger partial charge in [-0.3, -0.25) is 0 Å². The number of hydrogen-bond acceptors (Lipinski definition) is 3. The summed E-state index contributed by atoms with van der Waals surface area (Å²) >= 11 is 0. The second kappa shape index (κ2) is 6.39. The SMILES string of the molecule is CC(C)(C)OC(=O)NC1CC1NCc1cccc(C(F)(F)F)c1. The Bertz CT molecular complexity index is 567. The molecule has 1 fully saturated rings. The summed E-state index contributed by atoms with van der Waals surface area (Å²) in [5, 5.41) is 5.86. The van der Waals surface area contributed by atoms with E-state index in [-0.39, 0.29) is 12.1 Å². The minimum atomic E-state index is -4.34. The molecule has 0 radical (unpaired) electrons. The van der Waals surface area contributed by atoms with Gasteiger partial charge in [0.15, 0.2) is 0 Å². The van der Waals surface area contributed by atoms with Crippen molar-refractivity contribution in [3.05, 3.63) is 35.4 Å². The van der Waals surface area contributed by atoms with Gasteiger partial charge >= 0.3 is 12.3 Å². The molecule has 1 aromatic rings. The third kappa shape index (κ3) is 5.74. The number of rotatable bonds is 4. The number of alkyl carbamates (subject to hydrolysis) is 1. The van der Waals surface area contributed by atoms with Crippen LogP contribution in [0.5, 0.6) is 0 Å². The maximum absolute atomic E-state index is 12.6. The van der Waals surface area contributed by atoms with Crippen molar-refractivity contribution in [3.8, 4) is 0 Å². The smallest absolute Gasteiger partial charge is 0.416 e. The molecule has 2 rings (SSSR count). The Hall–Kier alpha value is -1.76. The van der Waals surface area contributed by atoms with Crippen LogP contribution in [0.1, 0.15) is 38.3 Å². The van der Waals surface area contributed by atoms with E-state index in [0.29, 0.717) is 12.1 Å². The number of ether oxygens (including phenoxy) is 1. The highest BCUT2D eigenvalue weighted by Crippen LogP contribution is 2.30. The molecule has 2 unspecified atom stereocenters. The lowest BCUT2D eigenvalue weighted by Crippen LogP contribution is -2.36. The van der Waals surface area contributed by atoms with Gasteiger partial charge in [-0.1, -0.05) is 18.2 Å². The molecule has 7 heteroatoms. The molecule has 1 saturated carbocycles. The first-order valence-corrected chi connectivity index (χ1v) is 7.43. The lowest BCUT2D eigenvalue weighted by molar-refractivity contribution is -0.137. The minimum absolute atomic E-state index is 0.0457. The fraction of sp³-hybridized carbons (Fsp3) is 0.562. The first-order valence-electron chi connectivity index (χ1n) is 7.43. The van der Waals surface area contributed by atoms with Gasteiger partial charge in [-0.15, -0.1) is 0 Å². The molecule has 128 valence electrons. The van der Waals surface area contributed by atoms with Crippen molar-refractivity contribution in [2.24, 2.45) is 0 Å². The lowest BCUT2D eigenvalue weighted by atomic mass is 10.1. The van der Waals surface area contributed by atoms with Gasteiger partial charge in [0.1, 0.15) is 5.60 Å². The summed E-state index contributed by atoms with van der Waals surface area (Å²) in [4.78, 5) is 11.6. The van der Waals surface area contributed by atoms with Crippen LogP contribution in [0, 0.1) is 0 Å². The second-order valence-electron chi connectivity index (χ2n) is 6.67. The van der Waals surface area contributed by atoms with Gasteiger partial charge in [0, 0.05) is 18.6 Å². The molecule has 23 heavy (non-hydrogen) atoms. The van der Waals surface area contributed by atoms with Crippen molar-refractivity contribution in [2.45, 2.75) is 57.6 Å². The van der Waals surface area contributed by atoms with Crippen molar-refractivity contribution in [1.29, 1.82) is 0 Å². The third-order valence-electron chi connectivity index (χ3n) is 3.32. The molecule has 0 aromatic heterocycles. The zero-order valence-corrected chi connectivity index (χ0v) is 13.3. The van der Waals surface area contributed by atoms with Crippen LogP contribution in [0.4, 0.5) is 18.0 Å². The summed E-state index contributed by atoms with van der Waals surface area (Å²) in [5.74, 6) is 0. The van der Waals surface area contributed by atoms with E-state index in [1.54, 1.807) is 26.8 Å². The van der Waals surface area contributed by atoms with Crippen LogP contribution in [0.2, 0.25) is 0 Å². The number of carbonyl (C=O) groups excluding carboxylic acids is 1. The molecule has 2 atom stereocenters. The van der Waals surface area contributed by atoms with Gasteiger partial charge in [0.2, 0.25) is 0 Å². The van der Waals surface area contributed by atoms with E-state index >= 15 is 0 Å². The van der Waals surface area contributed by atoms with Crippen molar-refractivity contribution in [2.75, 3.05) is 0 Å². The Morgan fingerprint density at radius 3 is 2.57 bits per heavy atom. The van der Waals surface area contributed by atoms with Crippen LogP contribution in [0.15, 0.2) is 24.3 Å². The quantitative estimate of drug-likeness (QED) is 0.889. The first-order chi connectivity index (χ1) is 10.5. The number of amides is 1. The summed E-state index contributed by atoms with van der Waals surface area (Å²) in [5.41, 5.74) is -0.654. The first kappa shape index (κ1) is 17.6. The van der Waals surface area contributed by atoms with Gasteiger partial charge in [-0.05, 0) is 38.8 Å². The summed E-state index contributed by atoms with van der Waals surface area (Å²) < 4.78 is 43.1. The maximum Gasteiger partial charge on any atom is 0.416 e. The molecule has 4 nitrogen and oxygen atoms in total. The number of alkyl halides is 3. The van der Waals surface area contributed by atoms with Gasteiger partial charge in [0.05, 0.1) is 5.56 Å². The summed E-state index contributed by atoms with van der Waals surface area (Å²) in [6.45, 7) is 5.66. The molecule has 0 saturated heterocycles. The number of halogens is 3. The van der Waals surface area contributed by atoms with Gasteiger partial charge < -0.3 is 15.4 Å². The molecule has 1 amide bonds. The fourth-order valence-corrected chi connectivity index (χ4v) is 2.15. The highest BCUT2D eigenvalue weighted by atomic mass is 19.4. The zero-order valence-electron chi connectivity index (χ0n) is 13.3. The average Bonchev–Trinajstić information content (AvgIpc) is 3.11. The molecular formula is C16H21F3N2O2. The third-order valence-corrected chi connectivity index (χ3v) is 3.32. The molecule has 0 aliphatic heterocycles. The van der Waals surface area contributed by atoms with Gasteiger partial charge in [0.25, 0.3) is 0 Å². The monoisotopic (exact) mass is 330 g/mol. The largest absolute Gasteiger partial charge is 0.444 e. The van der Waals surface area contributed by atoms with Crippen LogP contribution >= 0.6 is 0 Å². The standard InChI is InChI=1S/C16H21F3N2O2/c1-15(2,3)23-14(22)21-13-8-12(13)20-9-10-5-4-6-11(7-10)16(17,18)19/h4-7,12-13,20H,8-9H2,1-3H3,(H,21,22). The molecule has 0 bridgehead atoms. The number of nitrogens with one attached hydrogen (secondary N) is 2. The van der Waals surface area contributed by atoms with Crippen molar-refractivity contribution in [1.82, 2.24) is 10.6 Å². The Kier molecular flexibility index (Phi) is 4.89. The van der Waals surface area contributed by atoms with Crippen LogP contribution in [0.25, 0.3) is 0 Å². The van der Waals surface area contributed by atoms with E-state index in [9.17, 15) is 18.0 Å². The number of hydrogen-bond donors (Lipinski definition) is 2. The Morgan fingerprint density at radius 2 is 1.96 bits per heavy atom. The highest BCUT2D eigenvalue weighted by Gasteiger charge is 2.39. The van der Waals surface area contributed by atoms with Crippen molar-refractivity contribution < 1.29 is 22.7 Å². The second-order valence-corrected chi connectivity index (χ2v) is 6.67. The molecular weight excluding hydrogens is 309 g/mol. The van der Waals surface area contributed by atoms with Crippen LogP contribution in [-0.4, -0.2) is 23.8 Å². The summed E-state index contributed by atoms with van der Waals surface area (Å²) in [6.07, 6.45) is -4.08. The topological polar surface area (TPSA) is 50.4 Å². The van der Waals surface area contributed by atoms with E-state index in [2.05, 4.69) is 10.6 Å². The molecule has 1 aromatic carbocycles. The van der Waals surface area contributed by atoms with Gasteiger partial charge in [-0.25, -0.2) is 4.79 Å². The number of carbonyl (C=O) groups is 1. The van der Waals surface area contributed by atoms with E-state index < -0.39 is 23.4 Å². The summed E-state index contributed by atoms with van der Waals surface area (Å²) in [7, 11) is 0. The van der Waals surface area contributed by atoms with E-state index in [4.69, 9.17) is 4.74 Å². The molecule has 0 spiro atoms. The van der Waals surface area contributed by atoms with E-state index in [0.717, 1.165) is 18.6 Å². The summed E-state index contributed by atoms with van der Waals surface area (Å²) in [6, 6.07) is 5.22. The van der Waals surface area contributed by atoms with E-state index in [1.165, 1.54) is 6.07 Å². The Morgan fingerprint density at radius 1 is 1.26 bits per heavy atom. The number of benzene rings is 1. The molecule has 2 N–H and O–H groups in total. The molecule has 1 aliphatic rings. The predicted molar refractivity (Wildman–Crippen MR) is 79.8 cm³/mol. The average molecular weight is 330 g/mol. The Labute approximate surface area is 133 Å². The minimum Gasteiger partial charge on any atom is -0.444 e. The van der Waals surface area contributed by atoms with Crippen molar-refractivity contribution in [3.63, 3.8) is 0 Å². The van der Waals surface area contributed by atoms with Gasteiger partial charge in [-0.2, -0.15) is 13.2 Å². The Balaban J connectivity index is 1.77. The molecule has 1 aliphatic carbocycles. The zero-order chi connectivity index (χ0) is 17.3. The predicted octanol–water partition coefficient (Wildman–Crippen LogP) is 3.46. The van der Waals surface area contributed by atoms with Crippen LogP contribution in [-0.2, 0) is 17.5 Å². The normalized spacial score (nSPS) is 21.0.